The first-order valence-corrected chi connectivity index (χ1v) is 17.4. The highest BCUT2D eigenvalue weighted by molar-refractivity contribution is 6.74. The summed E-state index contributed by atoms with van der Waals surface area (Å²) in [5.41, 5.74) is 0.566. The summed E-state index contributed by atoms with van der Waals surface area (Å²) in [5, 5.41) is 0.151. The van der Waals surface area contributed by atoms with E-state index >= 15 is 0 Å². The van der Waals surface area contributed by atoms with Crippen LogP contribution in [0.5, 0.6) is 0 Å². The summed E-state index contributed by atoms with van der Waals surface area (Å²) >= 11 is 0. The molecule has 31 heavy (non-hydrogen) atoms. The van der Waals surface area contributed by atoms with Crippen LogP contribution < -0.4 is 0 Å². The maximum Gasteiger partial charge on any atom is 0.193 e. The zero-order valence-corrected chi connectivity index (χ0v) is 23.9. The molecule has 0 aromatic carbocycles. The lowest BCUT2D eigenvalue weighted by molar-refractivity contribution is -0.115. The predicted molar refractivity (Wildman–Crippen MR) is 135 cm³/mol. The molecule has 0 bridgehead atoms. The highest BCUT2D eigenvalue weighted by atomic mass is 28.4. The summed E-state index contributed by atoms with van der Waals surface area (Å²) in [6, 6.07) is 0. The van der Waals surface area contributed by atoms with Crippen LogP contribution >= 0.6 is 0 Å². The lowest BCUT2D eigenvalue weighted by Crippen LogP contribution is -2.45. The van der Waals surface area contributed by atoms with Crippen LogP contribution in [0.25, 0.3) is 0 Å². The van der Waals surface area contributed by atoms with E-state index in [1.165, 1.54) is 0 Å². The van der Waals surface area contributed by atoms with Crippen molar-refractivity contribution < 1.29 is 18.4 Å². The van der Waals surface area contributed by atoms with Gasteiger partial charge in [-0.3, -0.25) is 4.79 Å². The molecule has 4 nitrogen and oxygen atoms in total. The Kier molecular flexibility index (Phi) is 9.57. The van der Waals surface area contributed by atoms with Crippen LogP contribution in [0.2, 0.25) is 36.3 Å². The van der Waals surface area contributed by atoms with Crippen molar-refractivity contribution in [1.82, 2.24) is 0 Å². The number of rotatable bonds is 8. The fourth-order valence-electron chi connectivity index (χ4n) is 2.83. The van der Waals surface area contributed by atoms with Crippen LogP contribution in [0.15, 0.2) is 12.2 Å². The van der Waals surface area contributed by atoms with E-state index in [1.807, 2.05) is 0 Å². The third kappa shape index (κ3) is 7.68. The summed E-state index contributed by atoms with van der Waals surface area (Å²) < 4.78 is 18.9. The topological polar surface area (TPSA) is 44.8 Å². The first-order valence-electron chi connectivity index (χ1n) is 11.6. The van der Waals surface area contributed by atoms with Gasteiger partial charge in [0.15, 0.2) is 22.4 Å². The Morgan fingerprint density at radius 3 is 2.10 bits per heavy atom. The third-order valence-electron chi connectivity index (χ3n) is 7.00. The SMILES string of the molecule is C=C1C(=O)C[C@@H](O[Si](C)(C)C(C)(C)C)[C@@H]1C#C[C@H](COCCC)O[Si](C)(C)C(C)(C)C. The van der Waals surface area contributed by atoms with Crippen LogP contribution in [-0.4, -0.2) is 47.8 Å². The van der Waals surface area contributed by atoms with Crippen LogP contribution in [0, 0.1) is 17.8 Å². The van der Waals surface area contributed by atoms with Crippen molar-refractivity contribution in [3.05, 3.63) is 12.2 Å². The van der Waals surface area contributed by atoms with Gasteiger partial charge in [-0.2, -0.15) is 0 Å². The van der Waals surface area contributed by atoms with Crippen molar-refractivity contribution in [3.8, 4) is 11.8 Å². The van der Waals surface area contributed by atoms with E-state index in [0.717, 1.165) is 6.42 Å². The zero-order chi connectivity index (χ0) is 24.3. The van der Waals surface area contributed by atoms with E-state index in [9.17, 15) is 4.79 Å². The second-order valence-electron chi connectivity index (χ2n) is 11.8. The summed E-state index contributed by atoms with van der Waals surface area (Å²) in [6.07, 6.45) is 0.782. The average molecular weight is 467 g/mol. The number of hydrogen-bond donors (Lipinski definition) is 0. The quantitative estimate of drug-likeness (QED) is 0.181. The maximum absolute atomic E-state index is 12.5. The Morgan fingerprint density at radius 1 is 1.06 bits per heavy atom. The first-order chi connectivity index (χ1) is 13.9. The van der Waals surface area contributed by atoms with Crippen LogP contribution in [-0.2, 0) is 18.4 Å². The number of carbonyl (C=O) groups is 1. The lowest BCUT2D eigenvalue weighted by Gasteiger charge is -2.39. The van der Waals surface area contributed by atoms with E-state index in [0.29, 0.717) is 25.2 Å². The second kappa shape index (κ2) is 10.5. The summed E-state index contributed by atoms with van der Waals surface area (Å²) in [7, 11) is -4.04. The summed E-state index contributed by atoms with van der Waals surface area (Å²) in [4.78, 5) is 12.5. The molecule has 0 aliphatic heterocycles. The molecule has 3 atom stereocenters. The van der Waals surface area contributed by atoms with E-state index in [1.54, 1.807) is 0 Å². The monoisotopic (exact) mass is 466 g/mol. The standard InChI is InChI=1S/C25H46O4Si2/c1-13-16-27-18-20(28-30(9,10)24(3,4)5)14-15-21-19(2)22(26)17-23(21)29-31(11,12)25(6,7)8/h20-21,23H,2,13,16-18H2,1,3-12H3/t20-,21-,23-/m1/s1. The number of hydrogen-bond acceptors (Lipinski definition) is 4. The fraction of sp³-hybridized carbons (Fsp3) is 0.800. The van der Waals surface area contributed by atoms with Gasteiger partial charge >= 0.3 is 0 Å². The van der Waals surface area contributed by atoms with E-state index in [4.69, 9.17) is 13.6 Å². The van der Waals surface area contributed by atoms with E-state index in [2.05, 4.69) is 93.1 Å². The van der Waals surface area contributed by atoms with Gasteiger partial charge in [0.2, 0.25) is 0 Å². The molecule has 1 aliphatic rings. The average Bonchev–Trinajstić information content (AvgIpc) is 2.83. The lowest BCUT2D eigenvalue weighted by atomic mass is 10.0. The van der Waals surface area contributed by atoms with Crippen molar-refractivity contribution in [2.75, 3.05) is 13.2 Å². The number of ketones is 1. The van der Waals surface area contributed by atoms with Gasteiger partial charge in [0, 0.05) is 18.6 Å². The van der Waals surface area contributed by atoms with Gasteiger partial charge in [-0.25, -0.2) is 0 Å². The molecule has 178 valence electrons. The van der Waals surface area contributed by atoms with Crippen LogP contribution in [0.4, 0.5) is 0 Å². The smallest absolute Gasteiger partial charge is 0.193 e. The Hall–Kier alpha value is -0.716. The molecule has 1 rings (SSSR count). The van der Waals surface area contributed by atoms with Crippen LogP contribution in [0.3, 0.4) is 0 Å². The summed E-state index contributed by atoms with van der Waals surface area (Å²) in [6.45, 7) is 29.4. The minimum Gasteiger partial charge on any atom is -0.412 e. The molecule has 1 aliphatic carbocycles. The van der Waals surface area contributed by atoms with E-state index in [-0.39, 0.29) is 34.0 Å². The van der Waals surface area contributed by atoms with Crippen molar-refractivity contribution in [3.63, 3.8) is 0 Å². The Bertz CT molecular complexity index is 702. The molecule has 0 aromatic rings. The molecule has 6 heteroatoms. The van der Waals surface area contributed by atoms with Crippen molar-refractivity contribution in [2.24, 2.45) is 5.92 Å². The number of Topliss-reactive ketones (excluding diaryl/α,β-unsaturated/α-hetero) is 1. The third-order valence-corrected chi connectivity index (χ3v) is 16.0. The van der Waals surface area contributed by atoms with Gasteiger partial charge in [-0.05, 0) is 42.7 Å². The highest BCUT2D eigenvalue weighted by Gasteiger charge is 2.45. The molecule has 0 unspecified atom stereocenters. The molecule has 0 aromatic heterocycles. The molecule has 0 amide bonds. The van der Waals surface area contributed by atoms with Gasteiger partial charge < -0.3 is 13.6 Å². The highest BCUT2D eigenvalue weighted by Crippen LogP contribution is 2.41. The summed E-state index contributed by atoms with van der Waals surface area (Å²) in [5.74, 6) is 6.43. The van der Waals surface area contributed by atoms with Crippen molar-refractivity contribution in [1.29, 1.82) is 0 Å². The molecular weight excluding hydrogens is 420 g/mol. The first kappa shape index (κ1) is 28.3. The molecule has 0 radical (unpaired) electrons. The molecule has 1 saturated carbocycles. The molecule has 0 heterocycles. The molecule has 0 N–H and O–H groups in total. The molecular formula is C25H46O4Si2. The molecule has 0 spiro atoms. The Morgan fingerprint density at radius 2 is 1.61 bits per heavy atom. The minimum atomic E-state index is -2.03. The van der Waals surface area contributed by atoms with Gasteiger partial charge in [0.05, 0.1) is 18.6 Å². The molecule has 0 saturated heterocycles. The normalized spacial score (nSPS) is 21.8. The minimum absolute atomic E-state index is 0.0621. The van der Waals surface area contributed by atoms with Crippen LogP contribution in [0.1, 0.15) is 61.3 Å². The Labute approximate surface area is 193 Å². The van der Waals surface area contributed by atoms with Crippen molar-refractivity contribution in [2.45, 2.75) is 110 Å². The van der Waals surface area contributed by atoms with Gasteiger partial charge in [0.1, 0.15) is 6.10 Å². The fourth-order valence-corrected chi connectivity index (χ4v) is 5.35. The zero-order valence-electron chi connectivity index (χ0n) is 21.9. The van der Waals surface area contributed by atoms with Gasteiger partial charge in [-0.1, -0.05) is 66.9 Å². The van der Waals surface area contributed by atoms with Crippen molar-refractivity contribution >= 4 is 22.4 Å². The van der Waals surface area contributed by atoms with E-state index < -0.39 is 16.6 Å². The number of carbonyl (C=O) groups excluding carboxylic acids is 1. The largest absolute Gasteiger partial charge is 0.412 e. The number of ether oxygens (including phenoxy) is 1. The predicted octanol–water partition coefficient (Wildman–Crippen LogP) is 6.34. The Balaban J connectivity index is 3.14. The van der Waals surface area contributed by atoms with Gasteiger partial charge in [-0.15, -0.1) is 0 Å². The van der Waals surface area contributed by atoms with Gasteiger partial charge in [0.25, 0.3) is 0 Å². The second-order valence-corrected chi connectivity index (χ2v) is 21.3. The maximum atomic E-state index is 12.5. The molecule has 1 fully saturated rings.